The summed E-state index contributed by atoms with van der Waals surface area (Å²) in [4.78, 5) is 4.85. The second-order valence-electron chi connectivity index (χ2n) is 4.68. The van der Waals surface area contributed by atoms with Gasteiger partial charge in [0.1, 0.15) is 0 Å². The van der Waals surface area contributed by atoms with E-state index in [0.717, 1.165) is 11.4 Å². The second kappa shape index (κ2) is 3.69. The van der Waals surface area contributed by atoms with Gasteiger partial charge in [-0.2, -0.15) is 0 Å². The molecule has 3 rings (SSSR count). The number of pyridine rings is 1. The van der Waals surface area contributed by atoms with Crippen LogP contribution in [0.3, 0.4) is 0 Å². The summed E-state index contributed by atoms with van der Waals surface area (Å²) in [5.41, 5.74) is 5.31. The highest BCUT2D eigenvalue weighted by Crippen LogP contribution is 2.42. The van der Waals surface area contributed by atoms with Gasteiger partial charge in [-0.05, 0) is 72.5 Å². The zero-order valence-corrected chi connectivity index (χ0v) is 11.7. The Hall–Kier alpha value is -0.640. The van der Waals surface area contributed by atoms with E-state index >= 15 is 0 Å². The summed E-state index contributed by atoms with van der Waals surface area (Å²) in [7, 11) is 0. The van der Waals surface area contributed by atoms with Crippen molar-refractivity contribution in [1.29, 1.82) is 0 Å². The first-order valence-electron chi connectivity index (χ1n) is 5.73. The second-order valence-corrected chi connectivity index (χ2v) is 5.93. The SMILES string of the molecule is Cc1c(C2CC2)nc2cc(I)ccc2c1C. The Balaban J connectivity index is 2.33. The van der Waals surface area contributed by atoms with Gasteiger partial charge in [0.05, 0.1) is 5.52 Å². The van der Waals surface area contributed by atoms with Gasteiger partial charge in [0.2, 0.25) is 0 Å². The standard InChI is InChI=1S/C14H14IN/c1-8-9(2)14(10-3-4-10)16-13-7-11(15)5-6-12(8)13/h5-7,10H,3-4H2,1-2H3. The van der Waals surface area contributed by atoms with E-state index in [1.807, 2.05) is 0 Å². The number of nitrogens with zero attached hydrogens (tertiary/aromatic N) is 1. The van der Waals surface area contributed by atoms with Crippen molar-refractivity contribution in [2.24, 2.45) is 0 Å². The van der Waals surface area contributed by atoms with Crippen molar-refractivity contribution in [3.05, 3.63) is 38.6 Å². The molecule has 0 aliphatic heterocycles. The van der Waals surface area contributed by atoms with Crippen LogP contribution in [0.25, 0.3) is 10.9 Å². The van der Waals surface area contributed by atoms with Gasteiger partial charge in [-0.3, -0.25) is 4.98 Å². The van der Waals surface area contributed by atoms with Crippen LogP contribution in [0.1, 0.15) is 35.6 Å². The van der Waals surface area contributed by atoms with Crippen LogP contribution in [0.15, 0.2) is 18.2 Å². The maximum absolute atomic E-state index is 4.85. The Morgan fingerprint density at radius 2 is 1.94 bits per heavy atom. The molecular formula is C14H14IN. The van der Waals surface area contributed by atoms with E-state index in [1.54, 1.807) is 0 Å². The van der Waals surface area contributed by atoms with Gasteiger partial charge in [0.25, 0.3) is 0 Å². The highest BCUT2D eigenvalue weighted by molar-refractivity contribution is 14.1. The molecule has 2 aromatic rings. The van der Waals surface area contributed by atoms with Crippen LogP contribution in [0, 0.1) is 17.4 Å². The molecule has 1 heterocycles. The molecule has 0 amide bonds. The van der Waals surface area contributed by atoms with Gasteiger partial charge in [-0.25, -0.2) is 0 Å². The number of benzene rings is 1. The lowest BCUT2D eigenvalue weighted by molar-refractivity contribution is 1.01. The fraction of sp³-hybridized carbons (Fsp3) is 0.357. The third-order valence-electron chi connectivity index (χ3n) is 3.52. The zero-order valence-electron chi connectivity index (χ0n) is 9.55. The molecule has 2 heteroatoms. The molecule has 0 unspecified atom stereocenters. The highest BCUT2D eigenvalue weighted by atomic mass is 127. The predicted octanol–water partition coefficient (Wildman–Crippen LogP) is 4.33. The predicted molar refractivity (Wildman–Crippen MR) is 75.9 cm³/mol. The summed E-state index contributed by atoms with van der Waals surface area (Å²) in [5.74, 6) is 0.737. The molecule has 1 aliphatic rings. The number of rotatable bonds is 1. The van der Waals surface area contributed by atoms with E-state index in [1.165, 1.54) is 38.6 Å². The van der Waals surface area contributed by atoms with Crippen LogP contribution in [0.4, 0.5) is 0 Å². The number of hydrogen-bond acceptors (Lipinski definition) is 1. The quantitative estimate of drug-likeness (QED) is 0.712. The van der Waals surface area contributed by atoms with E-state index in [-0.39, 0.29) is 0 Å². The lowest BCUT2D eigenvalue weighted by Gasteiger charge is -2.11. The van der Waals surface area contributed by atoms with Gasteiger partial charge in [0, 0.05) is 20.6 Å². The monoisotopic (exact) mass is 323 g/mol. The van der Waals surface area contributed by atoms with E-state index < -0.39 is 0 Å². The van der Waals surface area contributed by atoms with Gasteiger partial charge in [0.15, 0.2) is 0 Å². The van der Waals surface area contributed by atoms with Crippen LogP contribution in [-0.2, 0) is 0 Å². The first-order chi connectivity index (χ1) is 7.66. The van der Waals surface area contributed by atoms with Gasteiger partial charge in [-0.1, -0.05) is 6.07 Å². The third-order valence-corrected chi connectivity index (χ3v) is 4.19. The Labute approximate surface area is 109 Å². The summed E-state index contributed by atoms with van der Waals surface area (Å²) in [5, 5.41) is 1.31. The van der Waals surface area contributed by atoms with Crippen molar-refractivity contribution in [3.8, 4) is 0 Å². The molecule has 0 bridgehead atoms. The minimum Gasteiger partial charge on any atom is -0.252 e. The molecule has 1 nitrogen and oxygen atoms in total. The minimum atomic E-state index is 0.737. The van der Waals surface area contributed by atoms with Crippen LogP contribution in [-0.4, -0.2) is 4.98 Å². The average Bonchev–Trinajstić information content (AvgIpc) is 3.07. The summed E-state index contributed by atoms with van der Waals surface area (Å²) in [6, 6.07) is 6.55. The molecule has 0 N–H and O–H groups in total. The number of aryl methyl sites for hydroxylation is 1. The summed E-state index contributed by atoms with van der Waals surface area (Å²) in [6.07, 6.45) is 2.64. The fourth-order valence-corrected chi connectivity index (χ4v) is 2.75. The third kappa shape index (κ3) is 1.63. The number of aromatic nitrogens is 1. The first kappa shape index (κ1) is 10.5. The molecule has 1 aromatic heterocycles. The largest absolute Gasteiger partial charge is 0.252 e. The molecule has 1 aliphatic carbocycles. The highest BCUT2D eigenvalue weighted by Gasteiger charge is 2.27. The van der Waals surface area contributed by atoms with Crippen molar-refractivity contribution in [2.75, 3.05) is 0 Å². The number of hydrogen-bond donors (Lipinski definition) is 0. The van der Waals surface area contributed by atoms with Crippen molar-refractivity contribution >= 4 is 33.5 Å². The van der Waals surface area contributed by atoms with Gasteiger partial charge >= 0.3 is 0 Å². The fourth-order valence-electron chi connectivity index (χ4n) is 2.28. The van der Waals surface area contributed by atoms with Crippen LogP contribution in [0.5, 0.6) is 0 Å². The molecule has 1 fully saturated rings. The van der Waals surface area contributed by atoms with Crippen molar-refractivity contribution < 1.29 is 0 Å². The Morgan fingerprint density at radius 1 is 1.19 bits per heavy atom. The van der Waals surface area contributed by atoms with Crippen molar-refractivity contribution in [1.82, 2.24) is 4.98 Å². The molecule has 1 saturated carbocycles. The van der Waals surface area contributed by atoms with Crippen LogP contribution in [0.2, 0.25) is 0 Å². The molecule has 0 atom stereocenters. The Kier molecular flexibility index (Phi) is 2.42. The molecule has 0 saturated heterocycles. The molecule has 16 heavy (non-hydrogen) atoms. The van der Waals surface area contributed by atoms with E-state index in [0.29, 0.717) is 0 Å². The van der Waals surface area contributed by atoms with E-state index in [9.17, 15) is 0 Å². The molecule has 1 aromatic carbocycles. The number of fused-ring (bicyclic) bond motifs is 1. The van der Waals surface area contributed by atoms with Crippen molar-refractivity contribution in [2.45, 2.75) is 32.6 Å². The minimum absolute atomic E-state index is 0.737. The van der Waals surface area contributed by atoms with E-state index in [2.05, 4.69) is 54.6 Å². The zero-order chi connectivity index (χ0) is 11.3. The molecule has 82 valence electrons. The van der Waals surface area contributed by atoms with Gasteiger partial charge in [-0.15, -0.1) is 0 Å². The number of halogens is 1. The molecule has 0 radical (unpaired) electrons. The average molecular weight is 323 g/mol. The first-order valence-corrected chi connectivity index (χ1v) is 6.81. The van der Waals surface area contributed by atoms with Gasteiger partial charge < -0.3 is 0 Å². The normalized spacial score (nSPS) is 15.7. The molecule has 0 spiro atoms. The Bertz CT molecular complexity index is 570. The summed E-state index contributed by atoms with van der Waals surface area (Å²) >= 11 is 2.35. The van der Waals surface area contributed by atoms with E-state index in [4.69, 9.17) is 4.98 Å². The lowest BCUT2D eigenvalue weighted by Crippen LogP contribution is -1.97. The summed E-state index contributed by atoms with van der Waals surface area (Å²) < 4.78 is 1.27. The van der Waals surface area contributed by atoms with Crippen molar-refractivity contribution in [3.63, 3.8) is 0 Å². The summed E-state index contributed by atoms with van der Waals surface area (Å²) in [6.45, 7) is 4.44. The Morgan fingerprint density at radius 3 is 2.62 bits per heavy atom. The lowest BCUT2D eigenvalue weighted by atomic mass is 10.0. The maximum atomic E-state index is 4.85. The smallest absolute Gasteiger partial charge is 0.0718 e. The topological polar surface area (TPSA) is 12.9 Å². The van der Waals surface area contributed by atoms with Crippen LogP contribution >= 0.6 is 22.6 Å². The maximum Gasteiger partial charge on any atom is 0.0718 e. The van der Waals surface area contributed by atoms with Crippen LogP contribution < -0.4 is 0 Å². The molecular weight excluding hydrogens is 309 g/mol.